The van der Waals surface area contributed by atoms with Crippen LogP contribution in [0.15, 0.2) is 0 Å². The summed E-state index contributed by atoms with van der Waals surface area (Å²) in [4.78, 5) is 0. The standard InChI is InChI=1S/C15H26O/c1-3-4-5-6-7-9-12-15(16)13-10-8-11-14(15)2/h14,16H,3-8,10-11,13H2,1-2H3/t14-,15+/m0/s1. The highest BCUT2D eigenvalue weighted by molar-refractivity contribution is 5.16. The van der Waals surface area contributed by atoms with Crippen molar-refractivity contribution in [3.8, 4) is 11.8 Å². The fraction of sp³-hybridized carbons (Fsp3) is 0.867. The number of unbranched alkanes of at least 4 members (excludes halogenated alkanes) is 4. The Balaban J connectivity index is 2.30. The maximum absolute atomic E-state index is 10.4. The van der Waals surface area contributed by atoms with Crippen LogP contribution in [0.4, 0.5) is 0 Å². The van der Waals surface area contributed by atoms with Crippen LogP contribution in [-0.4, -0.2) is 10.7 Å². The molecule has 0 aliphatic heterocycles. The smallest absolute Gasteiger partial charge is 0.128 e. The number of hydrogen-bond acceptors (Lipinski definition) is 1. The van der Waals surface area contributed by atoms with E-state index in [9.17, 15) is 5.11 Å². The molecule has 0 radical (unpaired) electrons. The molecule has 0 aromatic heterocycles. The van der Waals surface area contributed by atoms with Gasteiger partial charge in [-0.15, -0.1) is 5.92 Å². The summed E-state index contributed by atoms with van der Waals surface area (Å²) in [6, 6.07) is 0. The van der Waals surface area contributed by atoms with Crippen LogP contribution in [0.5, 0.6) is 0 Å². The highest BCUT2D eigenvalue weighted by Crippen LogP contribution is 2.32. The molecule has 0 aromatic rings. The Hall–Kier alpha value is -0.480. The first-order valence-electron chi connectivity index (χ1n) is 6.91. The van der Waals surface area contributed by atoms with E-state index in [0.29, 0.717) is 5.92 Å². The van der Waals surface area contributed by atoms with Crippen molar-refractivity contribution in [2.45, 2.75) is 77.2 Å². The first-order chi connectivity index (χ1) is 7.69. The maximum atomic E-state index is 10.4. The Morgan fingerprint density at radius 3 is 2.75 bits per heavy atom. The van der Waals surface area contributed by atoms with E-state index in [4.69, 9.17) is 0 Å². The minimum atomic E-state index is -0.678. The second-order valence-electron chi connectivity index (χ2n) is 5.18. The van der Waals surface area contributed by atoms with Crippen LogP contribution in [0.25, 0.3) is 0 Å². The van der Waals surface area contributed by atoms with E-state index < -0.39 is 5.60 Å². The Morgan fingerprint density at radius 2 is 2.06 bits per heavy atom. The zero-order valence-electron chi connectivity index (χ0n) is 10.9. The number of rotatable bonds is 4. The first kappa shape index (κ1) is 13.6. The molecule has 0 amide bonds. The molecule has 2 atom stereocenters. The Kier molecular flexibility index (Phi) is 5.91. The molecule has 0 aromatic carbocycles. The fourth-order valence-corrected chi connectivity index (χ4v) is 2.37. The Bertz CT molecular complexity index is 248. The maximum Gasteiger partial charge on any atom is 0.128 e. The van der Waals surface area contributed by atoms with Gasteiger partial charge in [-0.1, -0.05) is 45.5 Å². The minimum absolute atomic E-state index is 0.351. The first-order valence-corrected chi connectivity index (χ1v) is 6.91. The zero-order valence-corrected chi connectivity index (χ0v) is 10.9. The molecule has 1 aliphatic rings. The normalized spacial score (nSPS) is 29.6. The van der Waals surface area contributed by atoms with Crippen molar-refractivity contribution in [1.82, 2.24) is 0 Å². The summed E-state index contributed by atoms with van der Waals surface area (Å²) in [5, 5.41) is 10.4. The van der Waals surface area contributed by atoms with Crippen LogP contribution in [0.1, 0.15) is 71.6 Å². The van der Waals surface area contributed by atoms with Crippen molar-refractivity contribution in [2.24, 2.45) is 5.92 Å². The molecule has 1 rings (SSSR count). The van der Waals surface area contributed by atoms with Crippen molar-refractivity contribution < 1.29 is 5.11 Å². The topological polar surface area (TPSA) is 20.2 Å². The summed E-state index contributed by atoms with van der Waals surface area (Å²) < 4.78 is 0. The molecule has 1 nitrogen and oxygen atoms in total. The van der Waals surface area contributed by atoms with Crippen LogP contribution in [0.2, 0.25) is 0 Å². The summed E-state index contributed by atoms with van der Waals surface area (Å²) in [7, 11) is 0. The van der Waals surface area contributed by atoms with E-state index in [1.807, 2.05) is 0 Å². The van der Waals surface area contributed by atoms with E-state index >= 15 is 0 Å². The molecule has 1 saturated carbocycles. The molecule has 0 heterocycles. The van der Waals surface area contributed by atoms with Crippen LogP contribution in [0.3, 0.4) is 0 Å². The lowest BCUT2D eigenvalue weighted by Crippen LogP contribution is -2.37. The Labute approximate surface area is 101 Å². The lowest BCUT2D eigenvalue weighted by molar-refractivity contribution is 0.0125. The van der Waals surface area contributed by atoms with Gasteiger partial charge < -0.3 is 5.11 Å². The summed E-state index contributed by atoms with van der Waals surface area (Å²) in [6.45, 7) is 4.35. The number of aliphatic hydroxyl groups is 1. The SMILES string of the molecule is CCCCCCC#C[C@@]1(O)CCCC[C@@H]1C. The highest BCUT2D eigenvalue weighted by atomic mass is 16.3. The lowest BCUT2D eigenvalue weighted by atomic mass is 9.77. The molecule has 1 fully saturated rings. The average Bonchev–Trinajstić information content (AvgIpc) is 2.28. The van der Waals surface area contributed by atoms with E-state index in [2.05, 4.69) is 25.7 Å². The second-order valence-corrected chi connectivity index (χ2v) is 5.18. The van der Waals surface area contributed by atoms with Gasteiger partial charge in [0.1, 0.15) is 5.60 Å². The van der Waals surface area contributed by atoms with Gasteiger partial charge in [0.25, 0.3) is 0 Å². The third kappa shape index (κ3) is 4.18. The van der Waals surface area contributed by atoms with Crippen molar-refractivity contribution in [3.63, 3.8) is 0 Å². The summed E-state index contributed by atoms with van der Waals surface area (Å²) in [5.41, 5.74) is -0.678. The lowest BCUT2D eigenvalue weighted by Gasteiger charge is -2.33. The van der Waals surface area contributed by atoms with Crippen molar-refractivity contribution in [1.29, 1.82) is 0 Å². The van der Waals surface area contributed by atoms with E-state index in [-0.39, 0.29) is 0 Å². The summed E-state index contributed by atoms with van der Waals surface area (Å²) in [6.07, 6.45) is 10.4. The van der Waals surface area contributed by atoms with E-state index in [0.717, 1.165) is 25.7 Å². The van der Waals surface area contributed by atoms with Gasteiger partial charge in [0, 0.05) is 6.42 Å². The second kappa shape index (κ2) is 6.97. The molecule has 0 unspecified atom stereocenters. The molecule has 16 heavy (non-hydrogen) atoms. The predicted molar refractivity (Wildman–Crippen MR) is 69.1 cm³/mol. The van der Waals surface area contributed by atoms with Crippen molar-refractivity contribution in [2.75, 3.05) is 0 Å². The average molecular weight is 222 g/mol. The van der Waals surface area contributed by atoms with Gasteiger partial charge in [-0.25, -0.2) is 0 Å². The largest absolute Gasteiger partial charge is 0.377 e. The zero-order chi connectivity index (χ0) is 11.9. The molecular weight excluding hydrogens is 196 g/mol. The van der Waals surface area contributed by atoms with Crippen LogP contribution in [0, 0.1) is 17.8 Å². The van der Waals surface area contributed by atoms with Gasteiger partial charge in [0.15, 0.2) is 0 Å². The molecule has 1 heteroatoms. The molecule has 0 saturated heterocycles. The monoisotopic (exact) mass is 222 g/mol. The third-order valence-electron chi connectivity index (χ3n) is 3.72. The Morgan fingerprint density at radius 1 is 1.25 bits per heavy atom. The molecular formula is C15H26O. The van der Waals surface area contributed by atoms with E-state index in [1.54, 1.807) is 0 Å². The molecule has 1 N–H and O–H groups in total. The third-order valence-corrected chi connectivity index (χ3v) is 3.72. The predicted octanol–water partition coefficient (Wildman–Crippen LogP) is 3.90. The van der Waals surface area contributed by atoms with Gasteiger partial charge in [-0.2, -0.15) is 0 Å². The minimum Gasteiger partial charge on any atom is -0.377 e. The molecule has 92 valence electrons. The summed E-state index contributed by atoms with van der Waals surface area (Å²) in [5.74, 6) is 6.67. The van der Waals surface area contributed by atoms with Gasteiger partial charge in [-0.3, -0.25) is 0 Å². The molecule has 1 aliphatic carbocycles. The van der Waals surface area contributed by atoms with Gasteiger partial charge >= 0.3 is 0 Å². The van der Waals surface area contributed by atoms with Crippen LogP contribution < -0.4 is 0 Å². The number of hydrogen-bond donors (Lipinski definition) is 1. The fourth-order valence-electron chi connectivity index (χ4n) is 2.37. The van der Waals surface area contributed by atoms with Gasteiger partial charge in [0.05, 0.1) is 0 Å². The van der Waals surface area contributed by atoms with Gasteiger partial charge in [0.2, 0.25) is 0 Å². The molecule has 0 spiro atoms. The van der Waals surface area contributed by atoms with Crippen molar-refractivity contribution in [3.05, 3.63) is 0 Å². The van der Waals surface area contributed by atoms with Crippen LogP contribution in [-0.2, 0) is 0 Å². The van der Waals surface area contributed by atoms with Crippen molar-refractivity contribution >= 4 is 0 Å². The molecule has 0 bridgehead atoms. The summed E-state index contributed by atoms with van der Waals surface area (Å²) >= 11 is 0. The van der Waals surface area contributed by atoms with E-state index in [1.165, 1.54) is 32.1 Å². The highest BCUT2D eigenvalue weighted by Gasteiger charge is 2.33. The van der Waals surface area contributed by atoms with Gasteiger partial charge in [-0.05, 0) is 31.6 Å². The quantitative estimate of drug-likeness (QED) is 0.565. The van der Waals surface area contributed by atoms with Crippen LogP contribution >= 0.6 is 0 Å².